The van der Waals surface area contributed by atoms with Crippen molar-refractivity contribution in [1.82, 2.24) is 9.88 Å². The van der Waals surface area contributed by atoms with E-state index < -0.39 is 0 Å². The third kappa shape index (κ3) is 4.96. The van der Waals surface area contributed by atoms with Crippen LogP contribution in [0.25, 0.3) is 0 Å². The van der Waals surface area contributed by atoms with Gasteiger partial charge in [-0.25, -0.2) is 4.98 Å². The Morgan fingerprint density at radius 1 is 1.21 bits per heavy atom. The van der Waals surface area contributed by atoms with Crippen LogP contribution in [0.2, 0.25) is 5.02 Å². The minimum Gasteiger partial charge on any atom is -0.490 e. The molecule has 0 atom stereocenters. The van der Waals surface area contributed by atoms with Crippen LogP contribution in [0, 0.1) is 13.8 Å². The summed E-state index contributed by atoms with van der Waals surface area (Å²) in [6.07, 6.45) is 3.23. The van der Waals surface area contributed by atoms with Gasteiger partial charge >= 0.3 is 0 Å². The summed E-state index contributed by atoms with van der Waals surface area (Å²) in [5, 5.41) is 0.354. The predicted molar refractivity (Wildman–Crippen MR) is 110 cm³/mol. The Morgan fingerprint density at radius 2 is 1.93 bits per heavy atom. The van der Waals surface area contributed by atoms with Crippen molar-refractivity contribution in [3.8, 4) is 11.6 Å². The highest BCUT2D eigenvalue weighted by Gasteiger charge is 2.26. The van der Waals surface area contributed by atoms with E-state index in [0.717, 1.165) is 24.2 Å². The van der Waals surface area contributed by atoms with Crippen LogP contribution < -0.4 is 9.47 Å². The van der Waals surface area contributed by atoms with Gasteiger partial charge in [-0.1, -0.05) is 23.7 Å². The van der Waals surface area contributed by atoms with Crippen molar-refractivity contribution in [2.24, 2.45) is 0 Å². The molecule has 0 bridgehead atoms. The van der Waals surface area contributed by atoms with Crippen molar-refractivity contribution in [1.29, 1.82) is 0 Å². The second-order valence-corrected chi connectivity index (χ2v) is 7.96. The predicted octanol–water partition coefficient (Wildman–Crippen LogP) is 4.82. The molecule has 1 aromatic carbocycles. The molecule has 0 N–H and O–H groups in total. The molecule has 0 saturated carbocycles. The lowest BCUT2D eigenvalue weighted by molar-refractivity contribution is 0.0594. The molecule has 2 aromatic rings. The van der Waals surface area contributed by atoms with Crippen LogP contribution in [0.3, 0.4) is 0 Å². The van der Waals surface area contributed by atoms with Crippen LogP contribution in [0.15, 0.2) is 30.5 Å². The van der Waals surface area contributed by atoms with Gasteiger partial charge in [0.2, 0.25) is 5.88 Å². The molecule has 28 heavy (non-hydrogen) atoms. The van der Waals surface area contributed by atoms with Gasteiger partial charge < -0.3 is 14.4 Å². The summed E-state index contributed by atoms with van der Waals surface area (Å²) < 4.78 is 11.7. The van der Waals surface area contributed by atoms with Gasteiger partial charge in [-0.05, 0) is 51.0 Å². The Hall–Kier alpha value is -2.27. The summed E-state index contributed by atoms with van der Waals surface area (Å²) >= 11 is 6.22. The molecule has 6 heteroatoms. The van der Waals surface area contributed by atoms with E-state index in [1.54, 1.807) is 6.07 Å². The molecule has 1 saturated heterocycles. The number of amides is 1. The Kier molecular flexibility index (Phi) is 6.45. The van der Waals surface area contributed by atoms with Gasteiger partial charge in [0, 0.05) is 32.1 Å². The summed E-state index contributed by atoms with van der Waals surface area (Å²) in [5.74, 6) is 1.23. The average molecular weight is 403 g/mol. The summed E-state index contributed by atoms with van der Waals surface area (Å²) in [4.78, 5) is 18.8. The fraction of sp³-hybridized carbons (Fsp3) is 0.455. The van der Waals surface area contributed by atoms with Gasteiger partial charge in [0.15, 0.2) is 0 Å². The molecule has 1 aromatic heterocycles. The molecule has 1 aliphatic rings. The molecule has 0 radical (unpaired) electrons. The van der Waals surface area contributed by atoms with Crippen LogP contribution in [0.4, 0.5) is 0 Å². The number of piperidine rings is 1. The smallest absolute Gasteiger partial charge is 0.255 e. The van der Waals surface area contributed by atoms with Crippen LogP contribution in [-0.2, 0) is 0 Å². The number of nitrogens with zero attached hydrogens (tertiary/aromatic N) is 2. The number of carbonyl (C=O) groups is 1. The Labute approximate surface area is 171 Å². The second-order valence-electron chi connectivity index (χ2n) is 7.56. The third-order valence-electron chi connectivity index (χ3n) is 4.77. The van der Waals surface area contributed by atoms with Gasteiger partial charge in [-0.3, -0.25) is 4.79 Å². The maximum absolute atomic E-state index is 12.8. The van der Waals surface area contributed by atoms with Crippen molar-refractivity contribution < 1.29 is 14.3 Å². The highest BCUT2D eigenvalue weighted by atomic mass is 35.5. The van der Waals surface area contributed by atoms with Crippen LogP contribution in [0.1, 0.15) is 48.2 Å². The fourth-order valence-electron chi connectivity index (χ4n) is 3.23. The molecule has 0 unspecified atom stereocenters. The van der Waals surface area contributed by atoms with E-state index in [-0.39, 0.29) is 18.1 Å². The topological polar surface area (TPSA) is 51.7 Å². The fourth-order valence-corrected chi connectivity index (χ4v) is 3.44. The highest BCUT2D eigenvalue weighted by Crippen LogP contribution is 2.26. The van der Waals surface area contributed by atoms with Crippen LogP contribution >= 0.6 is 11.6 Å². The molecule has 1 fully saturated rings. The van der Waals surface area contributed by atoms with E-state index >= 15 is 0 Å². The molecule has 0 aliphatic carbocycles. The quantitative estimate of drug-likeness (QED) is 0.719. The van der Waals surface area contributed by atoms with Crippen molar-refractivity contribution in [3.05, 3.63) is 52.2 Å². The number of pyridine rings is 1. The Bertz CT molecular complexity index is 846. The van der Waals surface area contributed by atoms with E-state index in [1.165, 1.54) is 11.8 Å². The molecule has 2 heterocycles. The number of carbonyl (C=O) groups excluding carboxylic acids is 1. The number of likely N-dealkylation sites (tertiary alicyclic amines) is 1. The molecular weight excluding hydrogens is 376 g/mol. The van der Waals surface area contributed by atoms with E-state index in [4.69, 9.17) is 21.1 Å². The van der Waals surface area contributed by atoms with Gasteiger partial charge in [0.1, 0.15) is 16.9 Å². The highest BCUT2D eigenvalue weighted by molar-refractivity contribution is 6.32. The number of ether oxygens (including phenoxy) is 2. The number of hydrogen-bond acceptors (Lipinski definition) is 4. The van der Waals surface area contributed by atoms with Crippen molar-refractivity contribution in [2.45, 2.75) is 52.7 Å². The summed E-state index contributed by atoms with van der Waals surface area (Å²) in [7, 11) is 0. The lowest BCUT2D eigenvalue weighted by Gasteiger charge is -2.32. The van der Waals surface area contributed by atoms with Crippen molar-refractivity contribution >= 4 is 17.5 Å². The second kappa shape index (κ2) is 8.82. The Morgan fingerprint density at radius 3 is 2.57 bits per heavy atom. The number of hydrogen-bond donors (Lipinski definition) is 0. The molecule has 0 spiro atoms. The van der Waals surface area contributed by atoms with Gasteiger partial charge in [0.05, 0.1) is 11.7 Å². The van der Waals surface area contributed by atoms with Crippen molar-refractivity contribution in [2.75, 3.05) is 13.1 Å². The summed E-state index contributed by atoms with van der Waals surface area (Å²) in [6, 6.07) is 7.86. The first-order valence-corrected chi connectivity index (χ1v) is 10.1. The molecule has 1 aliphatic heterocycles. The van der Waals surface area contributed by atoms with Crippen LogP contribution in [0.5, 0.6) is 11.6 Å². The standard InChI is InChI=1S/C22H27ClN2O3/c1-14(2)27-21-19(23)12-17(13-24-21)22(26)25-9-7-18(8-10-25)28-20-11-15(3)5-6-16(20)4/h5-6,11-14,18H,7-10H2,1-4H3. The molecule has 1 amide bonds. The maximum Gasteiger partial charge on any atom is 0.255 e. The van der Waals surface area contributed by atoms with Crippen molar-refractivity contribution in [3.63, 3.8) is 0 Å². The van der Waals surface area contributed by atoms with Gasteiger partial charge in [-0.2, -0.15) is 0 Å². The number of aryl methyl sites for hydroxylation is 2. The first-order valence-electron chi connectivity index (χ1n) is 9.69. The zero-order valence-electron chi connectivity index (χ0n) is 16.9. The SMILES string of the molecule is Cc1ccc(C)c(OC2CCN(C(=O)c3cnc(OC(C)C)c(Cl)c3)CC2)c1. The number of halogens is 1. The minimum atomic E-state index is -0.0596. The monoisotopic (exact) mass is 402 g/mol. The minimum absolute atomic E-state index is 0.0254. The van der Waals surface area contributed by atoms with E-state index in [2.05, 4.69) is 37.0 Å². The van der Waals surface area contributed by atoms with E-state index in [9.17, 15) is 4.79 Å². The summed E-state index contributed by atoms with van der Waals surface area (Å²) in [5.41, 5.74) is 2.80. The van der Waals surface area contributed by atoms with E-state index in [0.29, 0.717) is 29.6 Å². The molecule has 5 nitrogen and oxygen atoms in total. The lowest BCUT2D eigenvalue weighted by Crippen LogP contribution is -2.41. The third-order valence-corrected chi connectivity index (χ3v) is 5.04. The first-order chi connectivity index (χ1) is 13.3. The van der Waals surface area contributed by atoms with Crippen LogP contribution in [-0.4, -0.2) is 41.1 Å². The first kappa shape index (κ1) is 20.5. The number of aromatic nitrogens is 1. The number of benzene rings is 1. The zero-order valence-corrected chi connectivity index (χ0v) is 17.6. The van der Waals surface area contributed by atoms with E-state index in [1.807, 2.05) is 18.7 Å². The summed E-state index contributed by atoms with van der Waals surface area (Å²) in [6.45, 7) is 9.22. The maximum atomic E-state index is 12.8. The zero-order chi connectivity index (χ0) is 20.3. The Balaban J connectivity index is 1.59. The largest absolute Gasteiger partial charge is 0.490 e. The molecule has 3 rings (SSSR count). The molecular formula is C22H27ClN2O3. The molecule has 150 valence electrons. The van der Waals surface area contributed by atoms with Gasteiger partial charge in [0.25, 0.3) is 5.91 Å². The number of rotatable bonds is 5. The normalized spacial score (nSPS) is 15.0. The lowest BCUT2D eigenvalue weighted by atomic mass is 10.1. The van der Waals surface area contributed by atoms with Gasteiger partial charge in [-0.15, -0.1) is 0 Å². The average Bonchev–Trinajstić information content (AvgIpc) is 2.66.